The summed E-state index contributed by atoms with van der Waals surface area (Å²) in [4.78, 5) is 0. The molecule has 0 amide bonds. The second-order valence-electron chi connectivity index (χ2n) is 5.69. The van der Waals surface area contributed by atoms with Gasteiger partial charge in [-0.2, -0.15) is 0 Å². The Morgan fingerprint density at radius 3 is 2.12 bits per heavy atom. The Labute approximate surface area is 98.0 Å². The van der Waals surface area contributed by atoms with Crippen molar-refractivity contribution < 1.29 is 10.2 Å². The highest BCUT2D eigenvalue weighted by Crippen LogP contribution is 2.35. The van der Waals surface area contributed by atoms with Crippen molar-refractivity contribution in [2.45, 2.75) is 69.6 Å². The molecule has 3 nitrogen and oxygen atoms in total. The summed E-state index contributed by atoms with van der Waals surface area (Å²) in [6.07, 6.45) is 7.85. The van der Waals surface area contributed by atoms with E-state index in [1.54, 1.807) is 0 Å². The van der Waals surface area contributed by atoms with Crippen LogP contribution in [0.1, 0.15) is 51.4 Å². The van der Waals surface area contributed by atoms with Gasteiger partial charge in [-0.15, -0.1) is 0 Å². The first-order valence-electron chi connectivity index (χ1n) is 6.80. The Bertz CT molecular complexity index is 212. The average Bonchev–Trinajstić information content (AvgIpc) is 3.13. The third kappa shape index (κ3) is 3.19. The van der Waals surface area contributed by atoms with Crippen molar-refractivity contribution in [2.75, 3.05) is 0 Å². The van der Waals surface area contributed by atoms with Gasteiger partial charge in [-0.3, -0.25) is 0 Å². The molecule has 2 aliphatic rings. The predicted octanol–water partition coefficient (Wildman–Crippen LogP) is 1.42. The highest BCUT2D eigenvalue weighted by atomic mass is 16.3. The summed E-state index contributed by atoms with van der Waals surface area (Å²) >= 11 is 0. The largest absolute Gasteiger partial charge is 0.390 e. The van der Waals surface area contributed by atoms with Gasteiger partial charge in [0.05, 0.1) is 12.2 Å². The highest BCUT2D eigenvalue weighted by Gasteiger charge is 2.35. The molecule has 16 heavy (non-hydrogen) atoms. The Kier molecular flexibility index (Phi) is 4.22. The molecule has 0 aromatic rings. The molecule has 0 spiro atoms. The molecule has 2 aliphatic carbocycles. The molecular formula is C13H25NO2. The van der Waals surface area contributed by atoms with Crippen LogP contribution in [0.15, 0.2) is 0 Å². The van der Waals surface area contributed by atoms with Gasteiger partial charge in [0.25, 0.3) is 0 Å². The Morgan fingerprint density at radius 1 is 0.938 bits per heavy atom. The summed E-state index contributed by atoms with van der Waals surface area (Å²) in [7, 11) is 0. The zero-order valence-corrected chi connectivity index (χ0v) is 10.0. The number of hydrogen-bond acceptors (Lipinski definition) is 3. The van der Waals surface area contributed by atoms with Crippen molar-refractivity contribution in [3.63, 3.8) is 0 Å². The van der Waals surface area contributed by atoms with E-state index in [4.69, 9.17) is 5.73 Å². The van der Waals surface area contributed by atoms with Crippen LogP contribution in [0.3, 0.4) is 0 Å². The Morgan fingerprint density at radius 2 is 1.56 bits per heavy atom. The van der Waals surface area contributed by atoms with Crippen molar-refractivity contribution in [3.8, 4) is 0 Å². The van der Waals surface area contributed by atoms with Gasteiger partial charge < -0.3 is 15.9 Å². The molecule has 0 heterocycles. The standard InChI is InChI=1S/C13H25NO2/c14-11(9-4-2-1-3-5-9)8-12(15)13(16)10-6-7-10/h9-13,15-16H,1-8,14H2. The SMILES string of the molecule is NC(CC(O)C(O)C1CC1)C1CCCCC1. The lowest BCUT2D eigenvalue weighted by Gasteiger charge is -2.30. The summed E-state index contributed by atoms with van der Waals surface area (Å²) in [5.74, 6) is 0.906. The molecule has 3 heteroatoms. The fourth-order valence-electron chi connectivity index (χ4n) is 2.92. The molecule has 0 saturated heterocycles. The molecule has 2 rings (SSSR count). The molecule has 4 N–H and O–H groups in total. The molecule has 0 radical (unpaired) electrons. The van der Waals surface area contributed by atoms with Crippen LogP contribution in [0.4, 0.5) is 0 Å². The van der Waals surface area contributed by atoms with Crippen LogP contribution in [-0.2, 0) is 0 Å². The maximum absolute atomic E-state index is 9.90. The molecule has 3 unspecified atom stereocenters. The number of aliphatic hydroxyl groups excluding tert-OH is 2. The summed E-state index contributed by atoms with van der Waals surface area (Å²) in [6.45, 7) is 0. The fraction of sp³-hybridized carbons (Fsp3) is 1.00. The highest BCUT2D eigenvalue weighted by molar-refractivity contribution is 4.88. The quantitative estimate of drug-likeness (QED) is 0.665. The first kappa shape index (κ1) is 12.3. The zero-order valence-electron chi connectivity index (χ0n) is 10.0. The average molecular weight is 227 g/mol. The third-order valence-electron chi connectivity index (χ3n) is 4.27. The minimum absolute atomic E-state index is 0.0729. The van der Waals surface area contributed by atoms with Crippen molar-refractivity contribution in [1.29, 1.82) is 0 Å². The zero-order chi connectivity index (χ0) is 11.5. The van der Waals surface area contributed by atoms with Crippen molar-refractivity contribution >= 4 is 0 Å². The van der Waals surface area contributed by atoms with Gasteiger partial charge >= 0.3 is 0 Å². The Hall–Kier alpha value is -0.120. The maximum atomic E-state index is 9.90. The van der Waals surface area contributed by atoms with E-state index < -0.39 is 12.2 Å². The van der Waals surface area contributed by atoms with Gasteiger partial charge in [-0.05, 0) is 43.9 Å². The summed E-state index contributed by atoms with van der Waals surface area (Å²) in [5.41, 5.74) is 6.14. The predicted molar refractivity (Wildman–Crippen MR) is 63.9 cm³/mol. The molecule has 3 atom stereocenters. The molecule has 2 fully saturated rings. The van der Waals surface area contributed by atoms with Crippen LogP contribution in [0, 0.1) is 11.8 Å². The van der Waals surface area contributed by atoms with Gasteiger partial charge in [0.2, 0.25) is 0 Å². The van der Waals surface area contributed by atoms with Gasteiger partial charge in [0.15, 0.2) is 0 Å². The lowest BCUT2D eigenvalue weighted by atomic mass is 9.81. The molecule has 0 aliphatic heterocycles. The van der Waals surface area contributed by atoms with Crippen LogP contribution in [0.2, 0.25) is 0 Å². The number of rotatable bonds is 5. The van der Waals surface area contributed by atoms with E-state index in [9.17, 15) is 10.2 Å². The van der Waals surface area contributed by atoms with Crippen LogP contribution in [-0.4, -0.2) is 28.5 Å². The first-order valence-corrected chi connectivity index (χ1v) is 6.80. The molecule has 0 aromatic heterocycles. The summed E-state index contributed by atoms with van der Waals surface area (Å²) < 4.78 is 0. The minimum Gasteiger partial charge on any atom is -0.390 e. The van der Waals surface area contributed by atoms with Gasteiger partial charge in [0, 0.05) is 6.04 Å². The Balaban J connectivity index is 1.73. The molecule has 0 bridgehead atoms. The molecular weight excluding hydrogens is 202 g/mol. The third-order valence-corrected chi connectivity index (χ3v) is 4.27. The lowest BCUT2D eigenvalue weighted by Crippen LogP contribution is -2.39. The summed E-state index contributed by atoms with van der Waals surface area (Å²) in [5, 5.41) is 19.7. The smallest absolute Gasteiger partial charge is 0.0827 e. The fourth-order valence-corrected chi connectivity index (χ4v) is 2.92. The maximum Gasteiger partial charge on any atom is 0.0827 e. The van der Waals surface area contributed by atoms with Crippen LogP contribution >= 0.6 is 0 Å². The van der Waals surface area contributed by atoms with Crippen molar-refractivity contribution in [3.05, 3.63) is 0 Å². The van der Waals surface area contributed by atoms with Gasteiger partial charge in [-0.25, -0.2) is 0 Å². The number of aliphatic hydroxyl groups is 2. The second kappa shape index (κ2) is 5.48. The number of hydrogen-bond donors (Lipinski definition) is 3. The monoisotopic (exact) mass is 227 g/mol. The van der Waals surface area contributed by atoms with Crippen LogP contribution in [0.25, 0.3) is 0 Å². The minimum atomic E-state index is -0.607. The van der Waals surface area contributed by atoms with Crippen LogP contribution in [0.5, 0.6) is 0 Å². The van der Waals surface area contributed by atoms with E-state index >= 15 is 0 Å². The van der Waals surface area contributed by atoms with E-state index in [1.165, 1.54) is 32.1 Å². The first-order chi connectivity index (χ1) is 7.68. The molecule has 94 valence electrons. The van der Waals surface area contributed by atoms with E-state index in [0.717, 1.165) is 12.8 Å². The normalized spacial score (nSPS) is 28.7. The van der Waals surface area contributed by atoms with E-state index in [1.807, 2.05) is 0 Å². The van der Waals surface area contributed by atoms with E-state index in [-0.39, 0.29) is 6.04 Å². The van der Waals surface area contributed by atoms with Crippen molar-refractivity contribution in [2.24, 2.45) is 17.6 Å². The van der Waals surface area contributed by atoms with Gasteiger partial charge in [0.1, 0.15) is 0 Å². The van der Waals surface area contributed by atoms with E-state index in [0.29, 0.717) is 18.3 Å². The molecule has 2 saturated carbocycles. The topological polar surface area (TPSA) is 66.5 Å². The van der Waals surface area contributed by atoms with E-state index in [2.05, 4.69) is 0 Å². The van der Waals surface area contributed by atoms with Crippen LogP contribution < -0.4 is 5.73 Å². The molecule has 0 aromatic carbocycles. The second-order valence-corrected chi connectivity index (χ2v) is 5.69. The number of nitrogens with two attached hydrogens (primary N) is 1. The van der Waals surface area contributed by atoms with Crippen molar-refractivity contribution in [1.82, 2.24) is 0 Å². The van der Waals surface area contributed by atoms with Gasteiger partial charge in [-0.1, -0.05) is 19.3 Å². The lowest BCUT2D eigenvalue weighted by molar-refractivity contribution is -0.00596. The summed E-state index contributed by atoms with van der Waals surface area (Å²) in [6, 6.07) is 0.0729.